The number of H-pyrrole nitrogens is 1. The lowest BCUT2D eigenvalue weighted by molar-refractivity contribution is 0.881. The molecule has 0 bridgehead atoms. The maximum atomic E-state index is 4.46. The van der Waals surface area contributed by atoms with Gasteiger partial charge in [-0.2, -0.15) is 5.21 Å². The van der Waals surface area contributed by atoms with E-state index in [4.69, 9.17) is 0 Å². The summed E-state index contributed by atoms with van der Waals surface area (Å²) in [5, 5.41) is 16.5. The van der Waals surface area contributed by atoms with E-state index in [1.807, 2.05) is 31.2 Å². The van der Waals surface area contributed by atoms with E-state index in [-0.39, 0.29) is 0 Å². The average Bonchev–Trinajstić information content (AvgIpc) is 2.92. The Morgan fingerprint density at radius 3 is 2.75 bits per heavy atom. The first-order valence-electron chi connectivity index (χ1n) is 6.18. The van der Waals surface area contributed by atoms with Gasteiger partial charge >= 0.3 is 0 Å². The van der Waals surface area contributed by atoms with Gasteiger partial charge in [-0.05, 0) is 17.7 Å². The second-order valence-electron chi connectivity index (χ2n) is 4.33. The first-order valence-corrected chi connectivity index (χ1v) is 6.18. The van der Waals surface area contributed by atoms with E-state index in [1.54, 1.807) is 0 Å². The van der Waals surface area contributed by atoms with Crippen LogP contribution >= 0.6 is 0 Å². The zero-order valence-electron chi connectivity index (χ0n) is 10.9. The molecule has 2 aromatic heterocycles. The van der Waals surface area contributed by atoms with Crippen LogP contribution in [0.15, 0.2) is 36.4 Å². The van der Waals surface area contributed by atoms with Crippen LogP contribution in [-0.2, 0) is 6.42 Å². The van der Waals surface area contributed by atoms with E-state index in [1.165, 1.54) is 5.56 Å². The van der Waals surface area contributed by atoms with E-state index in [9.17, 15) is 0 Å². The number of benzene rings is 1. The molecule has 0 atom stereocenters. The molecule has 0 radical (unpaired) electrons. The number of aromatic amines is 1. The zero-order valence-corrected chi connectivity index (χ0v) is 10.9. The van der Waals surface area contributed by atoms with Crippen LogP contribution in [0.2, 0.25) is 0 Å². The number of hydrogen-bond acceptors (Lipinski definition) is 6. The van der Waals surface area contributed by atoms with E-state index < -0.39 is 0 Å². The molecule has 0 saturated carbocycles. The van der Waals surface area contributed by atoms with Crippen LogP contribution in [0.1, 0.15) is 17.1 Å². The Kier molecular flexibility index (Phi) is 3.32. The smallest absolute Gasteiger partial charge is 0.268 e. The van der Waals surface area contributed by atoms with Crippen molar-refractivity contribution in [2.75, 3.05) is 5.32 Å². The van der Waals surface area contributed by atoms with Crippen LogP contribution in [0.4, 0.5) is 11.8 Å². The number of hydrogen-bond donors (Lipinski definition) is 2. The lowest BCUT2D eigenvalue weighted by Crippen LogP contribution is -2.03. The van der Waals surface area contributed by atoms with Crippen molar-refractivity contribution >= 4 is 11.8 Å². The minimum Gasteiger partial charge on any atom is -0.306 e. The van der Waals surface area contributed by atoms with Crippen LogP contribution in [0.5, 0.6) is 0 Å². The predicted octanol–water partition coefficient (Wildman–Crippen LogP) is 1.63. The Morgan fingerprint density at radius 2 is 2.00 bits per heavy atom. The molecule has 7 nitrogen and oxygen atoms in total. The maximum Gasteiger partial charge on any atom is 0.268 e. The number of rotatable bonds is 4. The van der Waals surface area contributed by atoms with E-state index in [0.29, 0.717) is 18.2 Å². The van der Waals surface area contributed by atoms with Gasteiger partial charge in [-0.1, -0.05) is 35.4 Å². The third-order valence-electron chi connectivity index (χ3n) is 2.69. The molecular weight excluding hydrogens is 254 g/mol. The summed E-state index contributed by atoms with van der Waals surface area (Å²) >= 11 is 0. The van der Waals surface area contributed by atoms with E-state index in [0.717, 1.165) is 11.5 Å². The molecule has 2 N–H and O–H groups in total. The van der Waals surface area contributed by atoms with E-state index in [2.05, 4.69) is 48.0 Å². The normalized spacial score (nSPS) is 10.4. The number of nitrogens with zero attached hydrogens (tertiary/aromatic N) is 5. The largest absolute Gasteiger partial charge is 0.306 e. The van der Waals surface area contributed by atoms with Gasteiger partial charge in [0.15, 0.2) is 0 Å². The molecule has 0 saturated heterocycles. The zero-order chi connectivity index (χ0) is 13.8. The van der Waals surface area contributed by atoms with Crippen LogP contribution in [-0.4, -0.2) is 30.6 Å². The van der Waals surface area contributed by atoms with Gasteiger partial charge in [0.1, 0.15) is 11.6 Å². The fraction of sp³-hybridized carbons (Fsp3) is 0.154. The van der Waals surface area contributed by atoms with Crippen molar-refractivity contribution in [3.8, 4) is 0 Å². The second kappa shape index (κ2) is 5.43. The molecule has 0 aliphatic heterocycles. The van der Waals surface area contributed by atoms with Crippen molar-refractivity contribution in [3.63, 3.8) is 0 Å². The number of anilines is 2. The third-order valence-corrected chi connectivity index (χ3v) is 2.69. The quantitative estimate of drug-likeness (QED) is 0.746. The summed E-state index contributed by atoms with van der Waals surface area (Å²) in [6, 6.07) is 11.9. The standard InChI is InChI=1S/C13H13N7/c1-9-7-11(16-13-17-19-20-18-13)15-12(14-9)8-10-5-3-2-4-6-10/h2-7H,8H2,1H3,(H2,14,15,16,17,18,19,20). The number of nitrogens with one attached hydrogen (secondary N) is 2. The van der Waals surface area contributed by atoms with Gasteiger partial charge in [-0.3, -0.25) is 0 Å². The molecule has 100 valence electrons. The molecule has 2 heterocycles. The molecule has 3 rings (SSSR count). The summed E-state index contributed by atoms with van der Waals surface area (Å²) < 4.78 is 0. The average molecular weight is 267 g/mol. The van der Waals surface area contributed by atoms with Crippen molar-refractivity contribution < 1.29 is 0 Å². The summed E-state index contributed by atoms with van der Waals surface area (Å²) in [4.78, 5) is 8.90. The molecule has 7 heteroatoms. The molecule has 0 spiro atoms. The second-order valence-corrected chi connectivity index (χ2v) is 4.33. The molecule has 1 aromatic carbocycles. The summed E-state index contributed by atoms with van der Waals surface area (Å²) in [7, 11) is 0. The molecular formula is C13H13N7. The number of tetrazole rings is 1. The molecule has 0 unspecified atom stereocenters. The molecule has 0 aliphatic carbocycles. The molecule has 3 aromatic rings. The number of aryl methyl sites for hydroxylation is 1. The van der Waals surface area contributed by atoms with Gasteiger partial charge in [0.2, 0.25) is 0 Å². The highest BCUT2D eigenvalue weighted by Crippen LogP contribution is 2.12. The minimum absolute atomic E-state index is 0.383. The monoisotopic (exact) mass is 267 g/mol. The minimum atomic E-state index is 0.383. The SMILES string of the molecule is Cc1cc(Nc2nn[nH]n2)nc(Cc2ccccc2)n1. The molecule has 0 fully saturated rings. The fourth-order valence-electron chi connectivity index (χ4n) is 1.88. The highest BCUT2D eigenvalue weighted by Gasteiger charge is 2.05. The molecule has 0 aliphatic rings. The predicted molar refractivity (Wildman–Crippen MR) is 73.5 cm³/mol. The first-order chi connectivity index (χ1) is 9.79. The Bertz CT molecular complexity index is 679. The van der Waals surface area contributed by atoms with Crippen LogP contribution in [0.3, 0.4) is 0 Å². The topological polar surface area (TPSA) is 92.3 Å². The number of aromatic nitrogens is 6. The van der Waals surface area contributed by atoms with Crippen molar-refractivity contribution in [2.24, 2.45) is 0 Å². The van der Waals surface area contributed by atoms with Gasteiger partial charge in [0.25, 0.3) is 5.95 Å². The summed E-state index contributed by atoms with van der Waals surface area (Å²) in [6.07, 6.45) is 0.684. The van der Waals surface area contributed by atoms with Crippen molar-refractivity contribution in [3.05, 3.63) is 53.5 Å². The van der Waals surface area contributed by atoms with Gasteiger partial charge in [-0.15, -0.1) is 5.10 Å². The van der Waals surface area contributed by atoms with Crippen molar-refractivity contribution in [1.29, 1.82) is 0 Å². The maximum absolute atomic E-state index is 4.46. The Labute approximate surface area is 115 Å². The van der Waals surface area contributed by atoms with Gasteiger partial charge in [0, 0.05) is 18.2 Å². The molecule has 0 amide bonds. The lowest BCUT2D eigenvalue weighted by atomic mass is 10.1. The highest BCUT2D eigenvalue weighted by atomic mass is 15.5. The van der Waals surface area contributed by atoms with Crippen LogP contribution in [0.25, 0.3) is 0 Å². The third kappa shape index (κ3) is 2.94. The van der Waals surface area contributed by atoms with Crippen molar-refractivity contribution in [1.82, 2.24) is 30.6 Å². The van der Waals surface area contributed by atoms with Crippen LogP contribution in [0, 0.1) is 6.92 Å². The molecule has 20 heavy (non-hydrogen) atoms. The summed E-state index contributed by atoms with van der Waals surface area (Å²) in [5.74, 6) is 1.79. The van der Waals surface area contributed by atoms with Gasteiger partial charge in [-0.25, -0.2) is 9.97 Å². The Hall–Kier alpha value is -2.83. The van der Waals surface area contributed by atoms with Gasteiger partial charge in [0.05, 0.1) is 0 Å². The first kappa shape index (κ1) is 12.2. The van der Waals surface area contributed by atoms with Gasteiger partial charge < -0.3 is 5.32 Å². The lowest BCUT2D eigenvalue weighted by Gasteiger charge is -2.06. The summed E-state index contributed by atoms with van der Waals surface area (Å²) in [6.45, 7) is 1.93. The van der Waals surface area contributed by atoms with Crippen molar-refractivity contribution in [2.45, 2.75) is 13.3 Å². The Balaban J connectivity index is 1.83. The Morgan fingerprint density at radius 1 is 1.15 bits per heavy atom. The van der Waals surface area contributed by atoms with E-state index >= 15 is 0 Å². The fourth-order valence-corrected chi connectivity index (χ4v) is 1.88. The summed E-state index contributed by atoms with van der Waals surface area (Å²) in [5.41, 5.74) is 2.06. The highest BCUT2D eigenvalue weighted by molar-refractivity contribution is 5.47. The van der Waals surface area contributed by atoms with Crippen LogP contribution < -0.4 is 5.32 Å².